The minimum absolute atomic E-state index is 0.107. The number of pyridine rings is 1. The maximum atomic E-state index is 12.9. The summed E-state index contributed by atoms with van der Waals surface area (Å²) in [6, 6.07) is 10.9. The van der Waals surface area contributed by atoms with Crippen molar-refractivity contribution in [1.82, 2.24) is 4.98 Å². The van der Waals surface area contributed by atoms with Gasteiger partial charge in [-0.15, -0.1) is 0 Å². The summed E-state index contributed by atoms with van der Waals surface area (Å²) in [5.74, 6) is 1.11. The van der Waals surface area contributed by atoms with Crippen molar-refractivity contribution in [3.8, 4) is 22.8 Å². The van der Waals surface area contributed by atoms with Gasteiger partial charge < -0.3 is 9.47 Å². The molecule has 0 saturated carbocycles. The van der Waals surface area contributed by atoms with Gasteiger partial charge in [-0.25, -0.2) is 4.98 Å². The highest BCUT2D eigenvalue weighted by Gasteiger charge is 2.34. The number of ether oxygens (including phenoxy) is 2. The zero-order valence-electron chi connectivity index (χ0n) is 15.2. The van der Waals surface area contributed by atoms with E-state index in [-0.39, 0.29) is 17.2 Å². The first-order valence-electron chi connectivity index (χ1n) is 7.97. The molecular formula is C20H19F3N2O2. The third-order valence-electron chi connectivity index (χ3n) is 3.65. The number of nitrogens with zero attached hydrogens (tertiary/aromatic N) is 2. The molecule has 0 aliphatic carbocycles. The smallest absolute Gasteiger partial charge is 0.433 e. The van der Waals surface area contributed by atoms with Gasteiger partial charge in [0, 0.05) is 17.3 Å². The van der Waals surface area contributed by atoms with Gasteiger partial charge in [-0.1, -0.05) is 18.2 Å². The van der Waals surface area contributed by atoms with Gasteiger partial charge in [0.2, 0.25) is 5.88 Å². The number of aromatic nitrogens is 1. The maximum absolute atomic E-state index is 12.9. The van der Waals surface area contributed by atoms with E-state index in [1.165, 1.54) is 19.2 Å². The Kier molecular flexibility index (Phi) is 6.39. The molecule has 142 valence electrons. The molecular weight excluding hydrogens is 357 g/mol. The van der Waals surface area contributed by atoms with Gasteiger partial charge in [-0.05, 0) is 50.4 Å². The van der Waals surface area contributed by atoms with Gasteiger partial charge in [0.25, 0.3) is 0 Å². The molecule has 0 N–H and O–H groups in total. The number of hydrogen-bond donors (Lipinski definition) is 0. The van der Waals surface area contributed by atoms with Gasteiger partial charge in [0.15, 0.2) is 0 Å². The van der Waals surface area contributed by atoms with Crippen LogP contribution >= 0.6 is 0 Å². The highest BCUT2D eigenvalue weighted by molar-refractivity contribution is 5.74. The lowest BCUT2D eigenvalue weighted by Gasteiger charge is -2.13. The Labute approximate surface area is 155 Å². The van der Waals surface area contributed by atoms with E-state index >= 15 is 0 Å². The van der Waals surface area contributed by atoms with Crippen molar-refractivity contribution >= 4 is 6.72 Å². The summed E-state index contributed by atoms with van der Waals surface area (Å²) in [4.78, 5) is 7.28. The van der Waals surface area contributed by atoms with E-state index in [9.17, 15) is 13.2 Å². The SMILES string of the molecule is C=N/C(=C(C)\C=C(/C)Oc1ncccc1-c1ccccc1OC)C(F)(F)F. The summed E-state index contributed by atoms with van der Waals surface area (Å²) in [5.41, 5.74) is 0.246. The Morgan fingerprint density at radius 3 is 2.41 bits per heavy atom. The van der Waals surface area contributed by atoms with E-state index in [1.54, 1.807) is 32.2 Å². The highest BCUT2D eigenvalue weighted by Crippen LogP contribution is 2.35. The van der Waals surface area contributed by atoms with E-state index < -0.39 is 11.9 Å². The normalized spacial score (nSPS) is 13.0. The highest BCUT2D eigenvalue weighted by atomic mass is 19.4. The van der Waals surface area contributed by atoms with E-state index in [2.05, 4.69) is 16.7 Å². The Bertz CT molecular complexity index is 887. The Morgan fingerprint density at radius 2 is 1.78 bits per heavy atom. The standard InChI is InChI=1S/C20H19F3N2O2/c1-13(18(24-3)20(21,22)23)12-14(2)27-19-16(9-7-11-25-19)15-8-5-6-10-17(15)26-4/h5-12H,3H2,1-2,4H3/b14-12+,18-13-. The molecule has 1 aromatic carbocycles. The molecule has 0 amide bonds. The van der Waals surface area contributed by atoms with Crippen LogP contribution in [0.1, 0.15) is 13.8 Å². The second kappa shape index (κ2) is 8.53. The third-order valence-corrected chi connectivity index (χ3v) is 3.65. The molecule has 0 atom stereocenters. The lowest BCUT2D eigenvalue weighted by molar-refractivity contribution is -0.0928. The molecule has 0 saturated heterocycles. The molecule has 2 rings (SSSR count). The van der Waals surface area contributed by atoms with Crippen molar-refractivity contribution in [2.75, 3.05) is 7.11 Å². The summed E-state index contributed by atoms with van der Waals surface area (Å²) in [6.45, 7) is 5.83. The maximum Gasteiger partial charge on any atom is 0.433 e. The number of hydrogen-bond acceptors (Lipinski definition) is 4. The molecule has 2 aromatic rings. The number of allylic oxidation sites excluding steroid dienone is 4. The van der Waals surface area contributed by atoms with E-state index in [1.807, 2.05) is 18.2 Å². The molecule has 0 radical (unpaired) electrons. The van der Waals surface area contributed by atoms with Crippen LogP contribution in [0.25, 0.3) is 11.1 Å². The minimum Gasteiger partial charge on any atom is -0.496 e. The predicted molar refractivity (Wildman–Crippen MR) is 98.9 cm³/mol. The zero-order chi connectivity index (χ0) is 20.0. The van der Waals surface area contributed by atoms with Crippen molar-refractivity contribution in [2.24, 2.45) is 4.99 Å². The monoisotopic (exact) mass is 376 g/mol. The number of para-hydroxylation sites is 1. The van der Waals surface area contributed by atoms with E-state index in [4.69, 9.17) is 9.47 Å². The number of aliphatic imine (C=N–C) groups is 1. The molecule has 4 nitrogen and oxygen atoms in total. The molecule has 0 aliphatic rings. The molecule has 27 heavy (non-hydrogen) atoms. The summed E-state index contributed by atoms with van der Waals surface area (Å²) in [7, 11) is 1.55. The first kappa shape index (κ1) is 20.2. The van der Waals surface area contributed by atoms with Gasteiger partial charge in [0.1, 0.15) is 17.2 Å². The molecule has 0 spiro atoms. The first-order valence-corrected chi connectivity index (χ1v) is 7.97. The van der Waals surface area contributed by atoms with Gasteiger partial charge in [-0.2, -0.15) is 13.2 Å². The molecule has 1 heterocycles. The molecule has 1 aromatic heterocycles. The van der Waals surface area contributed by atoms with Crippen LogP contribution < -0.4 is 9.47 Å². The molecule has 0 bridgehead atoms. The van der Waals surface area contributed by atoms with Crippen LogP contribution in [0.5, 0.6) is 11.6 Å². The second-order valence-corrected chi connectivity index (χ2v) is 5.60. The van der Waals surface area contributed by atoms with Crippen molar-refractivity contribution in [1.29, 1.82) is 0 Å². The summed E-state index contributed by atoms with van der Waals surface area (Å²) < 4.78 is 49.9. The fraction of sp³-hybridized carbons (Fsp3) is 0.200. The Morgan fingerprint density at radius 1 is 1.11 bits per heavy atom. The predicted octanol–water partition coefficient (Wildman–Crippen LogP) is 5.58. The van der Waals surface area contributed by atoms with Crippen LogP contribution in [0, 0.1) is 0 Å². The Hall–Kier alpha value is -3.09. The minimum atomic E-state index is -4.59. The van der Waals surface area contributed by atoms with E-state index in [0.29, 0.717) is 11.3 Å². The molecule has 0 aliphatic heterocycles. The third kappa shape index (κ3) is 4.97. The van der Waals surface area contributed by atoms with Crippen LogP contribution in [0.15, 0.2) is 70.7 Å². The quantitative estimate of drug-likeness (QED) is 0.376. The average molecular weight is 376 g/mol. The van der Waals surface area contributed by atoms with Gasteiger partial charge in [0.05, 0.1) is 7.11 Å². The van der Waals surface area contributed by atoms with Crippen LogP contribution in [0.4, 0.5) is 13.2 Å². The van der Waals surface area contributed by atoms with Crippen molar-refractivity contribution in [2.45, 2.75) is 20.0 Å². The molecule has 0 unspecified atom stereocenters. The average Bonchev–Trinajstić information content (AvgIpc) is 2.61. The van der Waals surface area contributed by atoms with Crippen molar-refractivity contribution in [3.63, 3.8) is 0 Å². The first-order chi connectivity index (χ1) is 12.8. The fourth-order valence-electron chi connectivity index (χ4n) is 2.54. The lowest BCUT2D eigenvalue weighted by Crippen LogP contribution is -2.11. The number of halogens is 3. The van der Waals surface area contributed by atoms with Crippen molar-refractivity contribution < 1.29 is 22.6 Å². The van der Waals surface area contributed by atoms with Gasteiger partial charge >= 0.3 is 6.18 Å². The van der Waals surface area contributed by atoms with Crippen LogP contribution in [-0.2, 0) is 0 Å². The number of rotatable bonds is 6. The summed E-state index contributed by atoms with van der Waals surface area (Å²) in [5, 5.41) is 0. The largest absolute Gasteiger partial charge is 0.496 e. The van der Waals surface area contributed by atoms with Crippen LogP contribution in [-0.4, -0.2) is 25.0 Å². The second-order valence-electron chi connectivity index (χ2n) is 5.60. The van der Waals surface area contributed by atoms with E-state index in [0.717, 1.165) is 5.56 Å². The van der Waals surface area contributed by atoms with Crippen molar-refractivity contribution in [3.05, 3.63) is 65.7 Å². The summed E-state index contributed by atoms with van der Waals surface area (Å²) in [6.07, 6.45) is -1.80. The van der Waals surface area contributed by atoms with Crippen LogP contribution in [0.3, 0.4) is 0 Å². The van der Waals surface area contributed by atoms with Gasteiger partial charge in [-0.3, -0.25) is 4.99 Å². The number of alkyl halides is 3. The summed E-state index contributed by atoms with van der Waals surface area (Å²) >= 11 is 0. The molecule has 0 fully saturated rings. The number of methoxy groups -OCH3 is 1. The zero-order valence-corrected chi connectivity index (χ0v) is 15.2. The topological polar surface area (TPSA) is 43.7 Å². The van der Waals surface area contributed by atoms with Crippen LogP contribution in [0.2, 0.25) is 0 Å². The number of benzene rings is 1. The Balaban J connectivity index is 2.42. The fourth-order valence-corrected chi connectivity index (χ4v) is 2.54. The lowest BCUT2D eigenvalue weighted by atomic mass is 10.1. The molecule has 7 heteroatoms.